The summed E-state index contributed by atoms with van der Waals surface area (Å²) in [5.74, 6) is -0.120. The lowest BCUT2D eigenvalue weighted by Gasteiger charge is -2.30. The van der Waals surface area contributed by atoms with Crippen LogP contribution in [0.5, 0.6) is 0 Å². The number of thiophene rings is 1. The number of rotatable bonds is 5. The second kappa shape index (κ2) is 8.35. The van der Waals surface area contributed by atoms with Crippen LogP contribution in [0.2, 0.25) is 0 Å². The Bertz CT molecular complexity index is 931. The van der Waals surface area contributed by atoms with Crippen molar-refractivity contribution in [3.8, 4) is 10.6 Å². The van der Waals surface area contributed by atoms with Crippen LogP contribution in [0.1, 0.15) is 28.9 Å². The number of amides is 2. The molecule has 0 bridgehead atoms. The lowest BCUT2D eigenvalue weighted by molar-refractivity contribution is -0.126. The van der Waals surface area contributed by atoms with E-state index in [1.807, 2.05) is 29.6 Å². The molecule has 0 saturated carbocycles. The average molecular weight is 395 g/mol. The number of hydrogen-bond acceptors (Lipinski definition) is 5. The van der Waals surface area contributed by atoms with Gasteiger partial charge < -0.3 is 10.2 Å². The highest BCUT2D eigenvalue weighted by atomic mass is 32.1. The average Bonchev–Trinajstić information content (AvgIpc) is 3.44. The van der Waals surface area contributed by atoms with Gasteiger partial charge in [-0.3, -0.25) is 19.7 Å². The van der Waals surface area contributed by atoms with Gasteiger partial charge in [-0.05, 0) is 42.0 Å². The molecule has 28 heavy (non-hydrogen) atoms. The fourth-order valence-corrected chi connectivity index (χ4v) is 4.02. The van der Waals surface area contributed by atoms with E-state index in [-0.39, 0.29) is 17.7 Å². The topological polar surface area (TPSA) is 91.0 Å². The number of H-pyrrole nitrogens is 1. The molecule has 1 saturated heterocycles. The Hall–Kier alpha value is -3.00. The number of aromatic amines is 1. The zero-order valence-corrected chi connectivity index (χ0v) is 16.1. The van der Waals surface area contributed by atoms with Crippen molar-refractivity contribution in [3.05, 3.63) is 59.4 Å². The standard InChI is InChI=1S/C20H21N5O2S/c26-19(22-13-14-3-1-7-21-12-14)15-5-8-25(9-6-15)20(27)17-11-16(23-24-17)18-4-2-10-28-18/h1-4,7,10-12,15H,5-6,8-9,13H2,(H,22,26)(H,23,24). The zero-order valence-electron chi connectivity index (χ0n) is 15.3. The summed E-state index contributed by atoms with van der Waals surface area (Å²) in [5, 5.41) is 12.1. The number of hydrogen-bond donors (Lipinski definition) is 2. The summed E-state index contributed by atoms with van der Waals surface area (Å²) >= 11 is 1.60. The first-order valence-electron chi connectivity index (χ1n) is 9.26. The summed E-state index contributed by atoms with van der Waals surface area (Å²) < 4.78 is 0. The van der Waals surface area contributed by atoms with Crippen LogP contribution >= 0.6 is 11.3 Å². The summed E-state index contributed by atoms with van der Waals surface area (Å²) in [4.78, 5) is 32.0. The molecule has 0 aromatic carbocycles. The van der Waals surface area contributed by atoms with Gasteiger partial charge in [0.15, 0.2) is 5.69 Å². The number of nitrogens with one attached hydrogen (secondary N) is 2. The SMILES string of the molecule is O=C(NCc1cccnc1)C1CCN(C(=O)c2cc(-c3cccs3)[nH]n2)CC1. The van der Waals surface area contributed by atoms with Gasteiger partial charge in [-0.1, -0.05) is 12.1 Å². The maximum Gasteiger partial charge on any atom is 0.274 e. The van der Waals surface area contributed by atoms with E-state index in [9.17, 15) is 9.59 Å². The largest absolute Gasteiger partial charge is 0.352 e. The Morgan fingerprint density at radius 2 is 2.11 bits per heavy atom. The van der Waals surface area contributed by atoms with E-state index in [1.54, 1.807) is 34.7 Å². The second-order valence-electron chi connectivity index (χ2n) is 6.79. The first-order valence-corrected chi connectivity index (χ1v) is 10.1. The molecule has 1 fully saturated rings. The van der Waals surface area contributed by atoms with Gasteiger partial charge in [0.2, 0.25) is 5.91 Å². The fraction of sp³-hybridized carbons (Fsp3) is 0.300. The molecule has 0 aliphatic carbocycles. The number of likely N-dealkylation sites (tertiary alicyclic amines) is 1. The molecular formula is C20H21N5O2S. The van der Waals surface area contributed by atoms with Gasteiger partial charge in [-0.15, -0.1) is 11.3 Å². The highest BCUT2D eigenvalue weighted by Gasteiger charge is 2.28. The van der Waals surface area contributed by atoms with Crippen LogP contribution in [0.3, 0.4) is 0 Å². The summed E-state index contributed by atoms with van der Waals surface area (Å²) in [5.41, 5.74) is 2.24. The van der Waals surface area contributed by atoms with Crippen LogP contribution in [0, 0.1) is 5.92 Å². The van der Waals surface area contributed by atoms with E-state index in [0.29, 0.717) is 38.2 Å². The molecule has 0 unspecified atom stereocenters. The number of aromatic nitrogens is 3. The Morgan fingerprint density at radius 3 is 2.82 bits per heavy atom. The predicted molar refractivity (Wildman–Crippen MR) is 107 cm³/mol. The molecule has 4 rings (SSSR count). The van der Waals surface area contributed by atoms with Gasteiger partial charge in [0.1, 0.15) is 0 Å². The van der Waals surface area contributed by atoms with E-state index in [1.165, 1.54) is 0 Å². The van der Waals surface area contributed by atoms with Crippen molar-refractivity contribution in [1.82, 2.24) is 25.4 Å². The van der Waals surface area contributed by atoms with Crippen molar-refractivity contribution in [2.75, 3.05) is 13.1 Å². The number of carbonyl (C=O) groups is 2. The molecule has 0 spiro atoms. The van der Waals surface area contributed by atoms with Crippen LogP contribution < -0.4 is 5.32 Å². The van der Waals surface area contributed by atoms with E-state index in [4.69, 9.17) is 0 Å². The minimum atomic E-state index is -0.0896. The van der Waals surface area contributed by atoms with Crippen molar-refractivity contribution >= 4 is 23.2 Å². The molecule has 0 atom stereocenters. The van der Waals surface area contributed by atoms with Crippen molar-refractivity contribution in [2.45, 2.75) is 19.4 Å². The monoisotopic (exact) mass is 395 g/mol. The van der Waals surface area contributed by atoms with Gasteiger partial charge in [0, 0.05) is 37.9 Å². The Balaban J connectivity index is 1.29. The molecule has 4 heterocycles. The number of carbonyl (C=O) groups excluding carboxylic acids is 2. The van der Waals surface area contributed by atoms with E-state index >= 15 is 0 Å². The van der Waals surface area contributed by atoms with E-state index < -0.39 is 0 Å². The van der Waals surface area contributed by atoms with E-state index in [2.05, 4.69) is 20.5 Å². The lowest BCUT2D eigenvalue weighted by atomic mass is 9.95. The van der Waals surface area contributed by atoms with Gasteiger partial charge >= 0.3 is 0 Å². The molecule has 8 heteroatoms. The van der Waals surface area contributed by atoms with Crippen LogP contribution in [0.15, 0.2) is 48.1 Å². The van der Waals surface area contributed by atoms with Crippen LogP contribution in [0.25, 0.3) is 10.6 Å². The number of pyridine rings is 1. The van der Waals surface area contributed by atoms with E-state index in [0.717, 1.165) is 16.1 Å². The van der Waals surface area contributed by atoms with Crippen molar-refractivity contribution in [2.24, 2.45) is 5.92 Å². The van der Waals surface area contributed by atoms with Crippen molar-refractivity contribution in [3.63, 3.8) is 0 Å². The summed E-state index contributed by atoms with van der Waals surface area (Å²) in [7, 11) is 0. The first kappa shape index (κ1) is 18.4. The summed E-state index contributed by atoms with van der Waals surface area (Å²) in [6, 6.07) is 9.53. The quantitative estimate of drug-likeness (QED) is 0.695. The third kappa shape index (κ3) is 4.12. The Kier molecular flexibility index (Phi) is 5.48. The molecule has 1 aliphatic heterocycles. The molecule has 2 amide bonds. The molecule has 7 nitrogen and oxygen atoms in total. The second-order valence-corrected chi connectivity index (χ2v) is 7.74. The fourth-order valence-electron chi connectivity index (χ4n) is 3.33. The van der Waals surface area contributed by atoms with Gasteiger partial charge in [-0.25, -0.2) is 0 Å². The minimum Gasteiger partial charge on any atom is -0.352 e. The number of nitrogens with zero attached hydrogens (tertiary/aromatic N) is 3. The molecule has 0 radical (unpaired) electrons. The molecule has 144 valence electrons. The van der Waals surface area contributed by atoms with Gasteiger partial charge in [0.25, 0.3) is 5.91 Å². The van der Waals surface area contributed by atoms with Gasteiger partial charge in [-0.2, -0.15) is 5.10 Å². The highest BCUT2D eigenvalue weighted by Crippen LogP contribution is 2.24. The molecule has 1 aliphatic rings. The third-order valence-corrected chi connectivity index (χ3v) is 5.83. The van der Waals surface area contributed by atoms with Crippen LogP contribution in [-0.2, 0) is 11.3 Å². The summed E-state index contributed by atoms with van der Waals surface area (Å²) in [6.07, 6.45) is 4.77. The maximum absolute atomic E-state index is 12.7. The zero-order chi connectivity index (χ0) is 19.3. The smallest absolute Gasteiger partial charge is 0.274 e. The van der Waals surface area contributed by atoms with Crippen LogP contribution in [-0.4, -0.2) is 45.0 Å². The molecule has 2 N–H and O–H groups in total. The predicted octanol–water partition coefficient (Wildman–Crippen LogP) is 2.70. The van der Waals surface area contributed by atoms with Crippen LogP contribution in [0.4, 0.5) is 0 Å². The Labute approximate surface area is 166 Å². The normalized spacial score (nSPS) is 14.8. The molecule has 3 aromatic heterocycles. The third-order valence-electron chi connectivity index (χ3n) is 4.93. The molecule has 3 aromatic rings. The Morgan fingerprint density at radius 1 is 1.25 bits per heavy atom. The van der Waals surface area contributed by atoms with Crippen molar-refractivity contribution < 1.29 is 9.59 Å². The minimum absolute atomic E-state index is 0.0377. The number of piperidine rings is 1. The van der Waals surface area contributed by atoms with Crippen molar-refractivity contribution in [1.29, 1.82) is 0 Å². The van der Waals surface area contributed by atoms with Gasteiger partial charge in [0.05, 0.1) is 10.6 Å². The first-order chi connectivity index (χ1) is 13.7. The maximum atomic E-state index is 12.7. The highest BCUT2D eigenvalue weighted by molar-refractivity contribution is 7.13. The summed E-state index contributed by atoms with van der Waals surface area (Å²) in [6.45, 7) is 1.60. The lowest BCUT2D eigenvalue weighted by Crippen LogP contribution is -2.43. The molecular weight excluding hydrogens is 374 g/mol.